The molecule has 3 aromatic rings. The molecule has 2 aromatic carbocycles. The van der Waals surface area contributed by atoms with Gasteiger partial charge in [0.25, 0.3) is 0 Å². The van der Waals surface area contributed by atoms with Crippen LogP contribution in [-0.4, -0.2) is 32.3 Å². The maximum Gasteiger partial charge on any atom is 0.348 e. The minimum absolute atomic E-state index is 0.0995. The number of nitrogens with one attached hydrogen (secondary N) is 1. The number of aromatic amines is 1. The molecule has 1 aliphatic carbocycles. The summed E-state index contributed by atoms with van der Waals surface area (Å²) >= 11 is 6.43. The minimum Gasteiger partial charge on any atom is -0.337 e. The maximum absolute atomic E-state index is 12.7. The van der Waals surface area contributed by atoms with Crippen molar-refractivity contribution in [1.82, 2.24) is 19.9 Å². The van der Waals surface area contributed by atoms with Crippen LogP contribution in [0.5, 0.6) is 0 Å². The molecule has 1 saturated carbocycles. The Bertz CT molecular complexity index is 1170. The van der Waals surface area contributed by atoms with Crippen molar-refractivity contribution in [1.29, 1.82) is 0 Å². The molecular formula is C23H21ClN4O2. The summed E-state index contributed by atoms with van der Waals surface area (Å²) in [5.41, 5.74) is 1.75. The number of likely N-dealkylation sites (tertiary alicyclic amines) is 1. The number of nitrogens with zero attached hydrogens (tertiary/aromatic N) is 3. The fourth-order valence-electron chi connectivity index (χ4n) is 4.60. The Morgan fingerprint density at radius 3 is 2.53 bits per heavy atom. The highest BCUT2D eigenvalue weighted by molar-refractivity contribution is 6.33. The van der Waals surface area contributed by atoms with Crippen LogP contribution in [0.2, 0.25) is 5.02 Å². The van der Waals surface area contributed by atoms with Crippen molar-refractivity contribution in [3.63, 3.8) is 0 Å². The second kappa shape index (κ2) is 7.36. The van der Waals surface area contributed by atoms with Gasteiger partial charge < -0.3 is 4.90 Å². The Kier molecular flexibility index (Phi) is 4.66. The smallest absolute Gasteiger partial charge is 0.337 e. The number of aromatic nitrogens is 3. The van der Waals surface area contributed by atoms with Crippen LogP contribution < -0.4 is 5.69 Å². The maximum atomic E-state index is 12.7. The normalized spacial score (nSPS) is 17.4. The van der Waals surface area contributed by atoms with Crippen molar-refractivity contribution in [3.05, 3.63) is 69.6 Å². The van der Waals surface area contributed by atoms with E-state index in [0.29, 0.717) is 28.8 Å². The Hall–Kier alpha value is -2.99. The molecule has 1 aromatic heterocycles. The number of halogens is 1. The van der Waals surface area contributed by atoms with Crippen molar-refractivity contribution in [2.24, 2.45) is 5.41 Å². The highest BCUT2D eigenvalue weighted by atomic mass is 35.5. The lowest BCUT2D eigenvalue weighted by Gasteiger charge is -2.47. The lowest BCUT2D eigenvalue weighted by atomic mass is 9.77. The summed E-state index contributed by atoms with van der Waals surface area (Å²) in [6.45, 7) is 1.36. The monoisotopic (exact) mass is 420 g/mol. The van der Waals surface area contributed by atoms with E-state index < -0.39 is 5.69 Å². The lowest BCUT2D eigenvalue weighted by molar-refractivity contribution is -0.160. The molecule has 0 radical (unpaired) electrons. The van der Waals surface area contributed by atoms with E-state index in [1.165, 1.54) is 0 Å². The minimum atomic E-state index is -0.485. The number of benzene rings is 2. The van der Waals surface area contributed by atoms with Crippen LogP contribution in [0.25, 0.3) is 22.8 Å². The summed E-state index contributed by atoms with van der Waals surface area (Å²) in [6.07, 6.45) is 4.32. The zero-order valence-electron chi connectivity index (χ0n) is 16.4. The van der Waals surface area contributed by atoms with Crippen molar-refractivity contribution in [3.8, 4) is 22.8 Å². The van der Waals surface area contributed by atoms with Crippen LogP contribution >= 0.6 is 11.6 Å². The van der Waals surface area contributed by atoms with Gasteiger partial charge in [-0.1, -0.05) is 60.8 Å². The van der Waals surface area contributed by atoms with Crippen LogP contribution in [0.1, 0.15) is 31.2 Å². The van der Waals surface area contributed by atoms with Crippen LogP contribution in [-0.2, 0) is 11.3 Å². The van der Waals surface area contributed by atoms with Gasteiger partial charge in [0.15, 0.2) is 5.82 Å². The second-order valence-electron chi connectivity index (χ2n) is 8.15. The van der Waals surface area contributed by atoms with E-state index in [2.05, 4.69) is 15.0 Å². The van der Waals surface area contributed by atoms with Crippen molar-refractivity contribution >= 4 is 17.5 Å². The number of carbonyl (C=O) groups is 1. The van der Waals surface area contributed by atoms with Crippen molar-refractivity contribution in [2.45, 2.75) is 32.2 Å². The quantitative estimate of drug-likeness (QED) is 0.645. The molecule has 152 valence electrons. The second-order valence-corrected chi connectivity index (χ2v) is 8.56. The van der Waals surface area contributed by atoms with Gasteiger partial charge in [-0.05, 0) is 30.5 Å². The summed E-state index contributed by atoms with van der Waals surface area (Å²) in [6, 6.07) is 14.9. The summed E-state index contributed by atoms with van der Waals surface area (Å²) in [5, 5.41) is 0.481. The molecule has 1 amide bonds. The van der Waals surface area contributed by atoms with Gasteiger partial charge in [0, 0.05) is 24.2 Å². The van der Waals surface area contributed by atoms with Crippen LogP contribution in [0.4, 0.5) is 0 Å². The molecule has 0 bridgehead atoms. The van der Waals surface area contributed by atoms with E-state index in [9.17, 15) is 9.59 Å². The molecule has 2 aliphatic rings. The molecule has 0 unspecified atom stereocenters. The average molecular weight is 421 g/mol. The third kappa shape index (κ3) is 3.31. The Balaban J connectivity index is 1.44. The van der Waals surface area contributed by atoms with E-state index in [4.69, 9.17) is 11.6 Å². The van der Waals surface area contributed by atoms with Crippen LogP contribution in [0.15, 0.2) is 53.3 Å². The molecule has 0 atom stereocenters. The zero-order valence-corrected chi connectivity index (χ0v) is 17.2. The first kappa shape index (κ1) is 19.0. The molecular weight excluding hydrogens is 400 g/mol. The largest absolute Gasteiger partial charge is 0.348 e. The zero-order chi connectivity index (χ0) is 20.7. The number of β-lactam (4-membered cyclic amide) rings is 1. The van der Waals surface area contributed by atoms with E-state index in [-0.39, 0.29) is 11.3 Å². The highest BCUT2D eigenvalue weighted by Gasteiger charge is 2.52. The van der Waals surface area contributed by atoms with E-state index in [1.807, 2.05) is 47.4 Å². The predicted molar refractivity (Wildman–Crippen MR) is 115 cm³/mol. The van der Waals surface area contributed by atoms with E-state index in [0.717, 1.165) is 43.4 Å². The summed E-state index contributed by atoms with van der Waals surface area (Å²) in [5.74, 6) is 0.970. The van der Waals surface area contributed by atoms with Gasteiger partial charge in [0.1, 0.15) is 5.82 Å². The van der Waals surface area contributed by atoms with Crippen LogP contribution in [0.3, 0.4) is 0 Å². The number of H-pyrrole nitrogens is 1. The Morgan fingerprint density at radius 1 is 1.03 bits per heavy atom. The van der Waals surface area contributed by atoms with E-state index >= 15 is 0 Å². The topological polar surface area (TPSA) is 79.0 Å². The molecule has 30 heavy (non-hydrogen) atoms. The molecule has 2 heterocycles. The molecule has 1 aliphatic heterocycles. The number of rotatable bonds is 4. The predicted octanol–water partition coefficient (Wildman–Crippen LogP) is 4.05. The summed E-state index contributed by atoms with van der Waals surface area (Å²) in [4.78, 5) is 38.0. The molecule has 6 nitrogen and oxygen atoms in total. The van der Waals surface area contributed by atoms with Gasteiger partial charge in [-0.3, -0.25) is 9.78 Å². The lowest BCUT2D eigenvalue weighted by Crippen LogP contribution is -2.59. The summed E-state index contributed by atoms with van der Waals surface area (Å²) in [7, 11) is 0. The van der Waals surface area contributed by atoms with Gasteiger partial charge >= 0.3 is 5.69 Å². The van der Waals surface area contributed by atoms with Crippen LogP contribution in [0, 0.1) is 5.41 Å². The van der Waals surface area contributed by atoms with Gasteiger partial charge in [-0.15, -0.1) is 0 Å². The third-order valence-corrected chi connectivity index (χ3v) is 6.47. The Labute approximate surface area is 178 Å². The fourth-order valence-corrected chi connectivity index (χ4v) is 4.81. The molecule has 2 fully saturated rings. The highest BCUT2D eigenvalue weighted by Crippen LogP contribution is 2.47. The van der Waals surface area contributed by atoms with Crippen molar-refractivity contribution < 1.29 is 4.79 Å². The Morgan fingerprint density at radius 2 is 1.80 bits per heavy atom. The molecule has 5 rings (SSSR count). The van der Waals surface area contributed by atoms with Gasteiger partial charge in [-0.25, -0.2) is 9.78 Å². The molecule has 7 heteroatoms. The third-order valence-electron chi connectivity index (χ3n) is 6.14. The average Bonchev–Trinajstić information content (AvgIpc) is 3.26. The van der Waals surface area contributed by atoms with Crippen molar-refractivity contribution in [2.75, 3.05) is 6.54 Å². The number of amides is 1. The first-order valence-corrected chi connectivity index (χ1v) is 10.5. The first-order valence-electron chi connectivity index (χ1n) is 10.2. The number of hydrogen-bond donors (Lipinski definition) is 1. The SMILES string of the molecule is O=C1N(Cc2ccc(Cl)c(-c3nc(-c4ccccc4)nc(=O)[nH]3)c2)CC12CCCC2. The van der Waals surface area contributed by atoms with E-state index in [1.54, 1.807) is 6.07 Å². The molecule has 1 N–H and O–H groups in total. The molecule has 1 saturated heterocycles. The number of hydrogen-bond acceptors (Lipinski definition) is 4. The van der Waals surface area contributed by atoms with Gasteiger partial charge in [0.2, 0.25) is 5.91 Å². The standard InChI is InChI=1S/C23H21ClN4O2/c24-18-9-8-15(13-28-14-23(21(28)29)10-4-5-11-23)12-17(18)20-25-19(26-22(30)27-20)16-6-2-1-3-7-16/h1-3,6-9,12H,4-5,10-11,13-14H2,(H,25,26,27,30). The molecule has 1 spiro atoms. The van der Waals surface area contributed by atoms with Gasteiger partial charge in [0.05, 0.1) is 10.4 Å². The van der Waals surface area contributed by atoms with Gasteiger partial charge in [-0.2, -0.15) is 4.98 Å². The fraction of sp³-hybridized carbons (Fsp3) is 0.304. The summed E-state index contributed by atoms with van der Waals surface area (Å²) < 4.78 is 0. The first-order chi connectivity index (χ1) is 14.5. The number of carbonyl (C=O) groups excluding carboxylic acids is 1.